The van der Waals surface area contributed by atoms with E-state index in [1.54, 1.807) is 23.2 Å². The van der Waals surface area contributed by atoms with Crippen molar-refractivity contribution in [2.45, 2.75) is 38.5 Å². The lowest BCUT2D eigenvalue weighted by atomic mass is 9.86. The number of nitrogens with one attached hydrogen (secondary N) is 1. The Balaban J connectivity index is 2.15. The van der Waals surface area contributed by atoms with E-state index < -0.39 is 23.6 Å². The van der Waals surface area contributed by atoms with Crippen molar-refractivity contribution >= 4 is 26.8 Å². The van der Waals surface area contributed by atoms with Gasteiger partial charge in [0, 0.05) is 18.8 Å². The molecule has 6 N–H and O–H groups in total. The van der Waals surface area contributed by atoms with Crippen molar-refractivity contribution in [3.8, 4) is 5.75 Å². The Morgan fingerprint density at radius 3 is 2.57 bits per heavy atom. The summed E-state index contributed by atoms with van der Waals surface area (Å²) in [5.74, 6) is 4.86. The molecule has 4 unspecified atom stereocenters. The maximum atomic E-state index is 13.7. The first-order valence-electron chi connectivity index (χ1n) is 9.18. The van der Waals surface area contributed by atoms with Crippen LogP contribution in [0.25, 0.3) is 0 Å². The monoisotopic (exact) mass is 414 g/mol. The summed E-state index contributed by atoms with van der Waals surface area (Å²) < 4.78 is 33.0. The minimum absolute atomic E-state index is 0.257. The molecule has 0 heterocycles. The van der Waals surface area contributed by atoms with Gasteiger partial charge >= 0.3 is 0 Å². The number of hydrogen-bond acceptors (Lipinski definition) is 6. The fraction of sp³-hybridized carbons (Fsp3) is 0.526. The first-order valence-corrected chi connectivity index (χ1v) is 9.76. The molecule has 0 amide bonds. The van der Waals surface area contributed by atoms with E-state index in [9.17, 15) is 13.9 Å². The Bertz CT molecular complexity index is 720. The Morgan fingerprint density at radius 2 is 2.11 bits per heavy atom. The van der Waals surface area contributed by atoms with E-state index in [1.165, 1.54) is 42.2 Å². The number of aliphatic hydroxyl groups is 1. The van der Waals surface area contributed by atoms with Crippen LogP contribution in [-0.2, 0) is 0 Å². The molecule has 9 heteroatoms. The minimum atomic E-state index is -3.17. The zero-order chi connectivity index (χ0) is 21.1. The second kappa shape index (κ2) is 9.16. The molecule has 1 aromatic carbocycles. The van der Waals surface area contributed by atoms with Gasteiger partial charge in [-0.05, 0) is 49.3 Å². The first-order chi connectivity index (χ1) is 13.0. The van der Waals surface area contributed by atoms with Crippen LogP contribution in [0.5, 0.6) is 5.75 Å². The van der Waals surface area contributed by atoms with Crippen LogP contribution >= 0.6 is 9.24 Å². The molecule has 1 aromatic rings. The summed E-state index contributed by atoms with van der Waals surface area (Å²) in [6.45, 7) is 3.73. The van der Waals surface area contributed by atoms with E-state index in [1.807, 2.05) is 0 Å². The van der Waals surface area contributed by atoms with Crippen molar-refractivity contribution < 1.29 is 18.6 Å². The third kappa shape index (κ3) is 5.87. The lowest BCUT2D eigenvalue weighted by Crippen LogP contribution is -2.33. The molecule has 1 saturated carbocycles. The van der Waals surface area contributed by atoms with Crippen LogP contribution in [0.1, 0.15) is 26.7 Å². The highest BCUT2D eigenvalue weighted by atomic mass is 31.0. The Kier molecular flexibility index (Phi) is 7.37. The van der Waals surface area contributed by atoms with Crippen molar-refractivity contribution in [3.63, 3.8) is 0 Å². The average molecular weight is 414 g/mol. The molecule has 2 rings (SSSR count). The fourth-order valence-electron chi connectivity index (χ4n) is 3.06. The molecule has 156 valence electrons. The van der Waals surface area contributed by atoms with Crippen LogP contribution in [-0.4, -0.2) is 29.6 Å². The Morgan fingerprint density at radius 1 is 1.46 bits per heavy atom. The third-order valence-electron chi connectivity index (χ3n) is 4.96. The molecule has 0 bridgehead atoms. The quantitative estimate of drug-likeness (QED) is 0.117. The molecule has 0 aliphatic heterocycles. The van der Waals surface area contributed by atoms with Gasteiger partial charge in [0.25, 0.3) is 5.66 Å². The van der Waals surface area contributed by atoms with Crippen LogP contribution < -0.4 is 21.3 Å². The highest BCUT2D eigenvalue weighted by Gasteiger charge is 2.39. The van der Waals surface area contributed by atoms with Gasteiger partial charge in [-0.25, -0.2) is 14.6 Å². The normalized spacial score (nSPS) is 18.3. The van der Waals surface area contributed by atoms with E-state index in [-0.39, 0.29) is 5.57 Å². The van der Waals surface area contributed by atoms with Gasteiger partial charge in [0.1, 0.15) is 5.75 Å². The van der Waals surface area contributed by atoms with Crippen molar-refractivity contribution in [2.75, 3.05) is 17.3 Å². The second-order valence-corrected chi connectivity index (χ2v) is 8.15. The number of nitrogens with zero attached hydrogens (tertiary/aromatic N) is 1. The highest BCUT2D eigenvalue weighted by molar-refractivity contribution is 7.18. The molecule has 0 saturated heterocycles. The highest BCUT2D eigenvalue weighted by Crippen LogP contribution is 2.39. The third-order valence-corrected chi connectivity index (χ3v) is 5.35. The standard InChI is InChI=1S/C19H29F2N4O2P/c1-11(16(8-22)19(20,21)28)15(12(2)26)10-27-14-5-6-18(17(23)7-14)25(24)9-13-3-4-13/h5-8,10-13,16,22,26H,3-4,9,23-24,28H2,1-2H3/b15-10-,22-8?. The van der Waals surface area contributed by atoms with Gasteiger partial charge < -0.3 is 26.0 Å². The Labute approximate surface area is 166 Å². The summed E-state index contributed by atoms with van der Waals surface area (Å²) >= 11 is 0. The van der Waals surface area contributed by atoms with E-state index in [4.69, 9.17) is 21.7 Å². The molecule has 0 spiro atoms. The summed E-state index contributed by atoms with van der Waals surface area (Å²) in [5.41, 5.74) is 4.28. The van der Waals surface area contributed by atoms with Crippen molar-refractivity contribution in [1.29, 1.82) is 5.41 Å². The molecule has 0 aromatic heterocycles. The average Bonchev–Trinajstić information content (AvgIpc) is 3.37. The lowest BCUT2D eigenvalue weighted by molar-refractivity contribution is 0.0473. The zero-order valence-electron chi connectivity index (χ0n) is 16.1. The number of halogens is 2. The molecule has 1 aliphatic rings. The molecule has 1 fully saturated rings. The summed E-state index contributed by atoms with van der Waals surface area (Å²) in [7, 11) is 1.45. The number of alkyl halides is 2. The molecular weight excluding hydrogens is 385 g/mol. The van der Waals surface area contributed by atoms with Crippen LogP contribution in [0.2, 0.25) is 0 Å². The van der Waals surface area contributed by atoms with Crippen molar-refractivity contribution in [2.24, 2.45) is 23.6 Å². The molecule has 4 atom stereocenters. The van der Waals surface area contributed by atoms with Crippen LogP contribution in [0.3, 0.4) is 0 Å². The smallest absolute Gasteiger partial charge is 0.267 e. The molecule has 6 nitrogen and oxygen atoms in total. The number of benzene rings is 1. The fourth-order valence-corrected chi connectivity index (χ4v) is 3.45. The van der Waals surface area contributed by atoms with E-state index >= 15 is 0 Å². The largest absolute Gasteiger partial charge is 0.465 e. The topological polar surface area (TPSA) is 109 Å². The number of hydrazine groups is 1. The van der Waals surface area contributed by atoms with E-state index in [0.29, 0.717) is 29.3 Å². The van der Waals surface area contributed by atoms with Gasteiger partial charge in [-0.3, -0.25) is 0 Å². The maximum Gasteiger partial charge on any atom is 0.267 e. The van der Waals surface area contributed by atoms with Crippen LogP contribution in [0.4, 0.5) is 20.2 Å². The van der Waals surface area contributed by atoms with E-state index in [0.717, 1.165) is 6.54 Å². The lowest BCUT2D eigenvalue weighted by Gasteiger charge is -2.28. The summed E-state index contributed by atoms with van der Waals surface area (Å²) in [6, 6.07) is 5.02. The number of rotatable bonds is 10. The predicted octanol–water partition coefficient (Wildman–Crippen LogP) is 3.37. The van der Waals surface area contributed by atoms with Crippen LogP contribution in [0, 0.1) is 23.2 Å². The minimum Gasteiger partial charge on any atom is -0.465 e. The number of anilines is 2. The molecule has 0 radical (unpaired) electrons. The second-order valence-electron chi connectivity index (χ2n) is 7.38. The number of nitrogen functional groups attached to an aromatic ring is 1. The summed E-state index contributed by atoms with van der Waals surface area (Å²) in [4.78, 5) is 0. The van der Waals surface area contributed by atoms with Crippen LogP contribution in [0.15, 0.2) is 30.0 Å². The molecule has 1 aliphatic carbocycles. The molecule has 28 heavy (non-hydrogen) atoms. The SMILES string of the molecule is CC(O)/C(=C\Oc1ccc(N(N)CC2CC2)c(N)c1)C(C)C(C=N)C(F)(F)P. The van der Waals surface area contributed by atoms with Crippen molar-refractivity contribution in [1.82, 2.24) is 0 Å². The van der Waals surface area contributed by atoms with Gasteiger partial charge in [-0.2, -0.15) is 0 Å². The number of nitrogens with two attached hydrogens (primary N) is 2. The van der Waals surface area contributed by atoms with Gasteiger partial charge in [-0.15, -0.1) is 0 Å². The first kappa shape index (κ1) is 22.5. The van der Waals surface area contributed by atoms with E-state index in [2.05, 4.69) is 0 Å². The number of hydrogen-bond donors (Lipinski definition) is 4. The van der Waals surface area contributed by atoms with Gasteiger partial charge in [0.05, 0.1) is 29.7 Å². The maximum absolute atomic E-state index is 13.7. The molecular formula is C19H29F2N4O2P. The van der Waals surface area contributed by atoms with Gasteiger partial charge in [-0.1, -0.05) is 16.2 Å². The number of aliphatic hydroxyl groups excluding tert-OH is 1. The number of ether oxygens (including phenoxy) is 1. The van der Waals surface area contributed by atoms with Gasteiger partial charge in [0.15, 0.2) is 0 Å². The summed E-state index contributed by atoms with van der Waals surface area (Å²) in [5, 5.41) is 18.9. The predicted molar refractivity (Wildman–Crippen MR) is 112 cm³/mol. The van der Waals surface area contributed by atoms with Gasteiger partial charge in [0.2, 0.25) is 0 Å². The van der Waals surface area contributed by atoms with Crippen molar-refractivity contribution in [3.05, 3.63) is 30.0 Å². The summed E-state index contributed by atoms with van der Waals surface area (Å²) in [6.07, 6.45) is 3.27. The zero-order valence-corrected chi connectivity index (χ0v) is 17.3. The Hall–Kier alpha value is -1.76.